The van der Waals surface area contributed by atoms with Crippen LogP contribution in [0, 0.1) is 13.8 Å². The summed E-state index contributed by atoms with van der Waals surface area (Å²) >= 11 is 0. The van der Waals surface area contributed by atoms with Crippen LogP contribution in [0.15, 0.2) is 64.6 Å². The van der Waals surface area contributed by atoms with Crippen LogP contribution in [0.2, 0.25) is 0 Å². The maximum absolute atomic E-state index is 14.0. The lowest BCUT2D eigenvalue weighted by Crippen LogP contribution is -2.20. The Morgan fingerprint density at radius 2 is 1.60 bits per heavy atom. The maximum Gasteiger partial charge on any atom is 0.209 e. The van der Waals surface area contributed by atoms with Crippen molar-refractivity contribution in [3.63, 3.8) is 0 Å². The zero-order valence-electron chi connectivity index (χ0n) is 25.6. The molecular formula is C33H42N2O6S. The lowest BCUT2D eigenvalue weighted by atomic mass is 10.1. The van der Waals surface area contributed by atoms with Crippen molar-refractivity contribution in [3.05, 3.63) is 77.1 Å². The number of sulfone groups is 1. The molecule has 9 heteroatoms. The predicted molar refractivity (Wildman–Crippen MR) is 166 cm³/mol. The van der Waals surface area contributed by atoms with Crippen molar-refractivity contribution in [1.82, 2.24) is 9.72 Å². The van der Waals surface area contributed by atoms with Gasteiger partial charge in [0.05, 0.1) is 38.3 Å². The van der Waals surface area contributed by atoms with E-state index in [1.807, 2.05) is 62.7 Å². The first-order chi connectivity index (χ1) is 20.1. The molecule has 0 bridgehead atoms. The monoisotopic (exact) mass is 594 g/mol. The Hall–Kier alpha value is -3.69. The molecule has 0 aliphatic rings. The smallest absolute Gasteiger partial charge is 0.209 e. The number of benzene rings is 2. The molecule has 0 aliphatic carbocycles. The standard InChI is InChI=1S/C33H42N2O6S/c1-22(2)28-21-35-20-23(3)32(40-7)24(4)31(35)33(28)42(36,37)27-12-10-26(11-13-27)41-18-8-16-34-17-15-25-9-14-29(38-5)30(19-25)39-6/h9-14,19-22,34H,8,15-18H2,1-7H3. The summed E-state index contributed by atoms with van der Waals surface area (Å²) < 4.78 is 52.1. The highest BCUT2D eigenvalue weighted by Crippen LogP contribution is 2.39. The molecule has 0 aliphatic heterocycles. The fraction of sp³-hybridized carbons (Fsp3) is 0.394. The van der Waals surface area contributed by atoms with E-state index in [0.29, 0.717) is 28.5 Å². The predicted octanol–water partition coefficient (Wildman–Crippen LogP) is 6.14. The van der Waals surface area contributed by atoms with E-state index in [1.165, 1.54) is 5.56 Å². The number of fused-ring (bicyclic) bond motifs is 1. The molecule has 0 atom stereocenters. The van der Waals surface area contributed by atoms with Gasteiger partial charge in [0.25, 0.3) is 0 Å². The number of hydrogen-bond donors (Lipinski definition) is 1. The van der Waals surface area contributed by atoms with Crippen LogP contribution >= 0.6 is 0 Å². The zero-order chi connectivity index (χ0) is 30.4. The number of methoxy groups -OCH3 is 3. The van der Waals surface area contributed by atoms with Gasteiger partial charge in [0, 0.05) is 23.5 Å². The molecular weight excluding hydrogens is 552 g/mol. The average Bonchev–Trinajstić information content (AvgIpc) is 3.38. The molecule has 0 saturated carbocycles. The molecule has 42 heavy (non-hydrogen) atoms. The Kier molecular flexibility index (Phi) is 10.1. The highest BCUT2D eigenvalue weighted by atomic mass is 32.2. The first kappa shape index (κ1) is 31.3. The number of aromatic nitrogens is 1. The van der Waals surface area contributed by atoms with E-state index in [-0.39, 0.29) is 10.8 Å². The third-order valence-corrected chi connectivity index (χ3v) is 9.29. The Balaban J connectivity index is 1.37. The first-order valence-corrected chi connectivity index (χ1v) is 15.7. The van der Waals surface area contributed by atoms with E-state index >= 15 is 0 Å². The van der Waals surface area contributed by atoms with E-state index in [0.717, 1.165) is 54.1 Å². The SMILES string of the molecule is COc1ccc(CCNCCCOc2ccc(S(=O)(=O)c3c(C(C)C)cn4cc(C)c(OC)c(C)c34)cc2)cc1OC. The Morgan fingerprint density at radius 1 is 0.881 bits per heavy atom. The third-order valence-electron chi connectivity index (χ3n) is 7.43. The van der Waals surface area contributed by atoms with Gasteiger partial charge >= 0.3 is 0 Å². The summed E-state index contributed by atoms with van der Waals surface area (Å²) in [7, 11) is 1.08. The van der Waals surface area contributed by atoms with Gasteiger partial charge in [0.15, 0.2) is 11.5 Å². The van der Waals surface area contributed by atoms with Crippen LogP contribution in [0.1, 0.15) is 48.4 Å². The second kappa shape index (κ2) is 13.5. The van der Waals surface area contributed by atoms with E-state index in [4.69, 9.17) is 18.9 Å². The second-order valence-electron chi connectivity index (χ2n) is 10.7. The van der Waals surface area contributed by atoms with E-state index in [2.05, 4.69) is 5.32 Å². The number of ether oxygens (including phenoxy) is 4. The summed E-state index contributed by atoms with van der Waals surface area (Å²) in [5.41, 5.74) is 4.36. The van der Waals surface area contributed by atoms with Crippen LogP contribution in [-0.2, 0) is 16.3 Å². The molecule has 2 aromatic carbocycles. The van der Waals surface area contributed by atoms with E-state index in [9.17, 15) is 8.42 Å². The van der Waals surface area contributed by atoms with Crippen LogP contribution < -0.4 is 24.3 Å². The van der Waals surface area contributed by atoms with E-state index in [1.54, 1.807) is 45.6 Å². The number of aryl methyl sites for hydroxylation is 2. The summed E-state index contributed by atoms with van der Waals surface area (Å²) in [5.74, 6) is 2.82. The normalized spacial score (nSPS) is 11.7. The lowest BCUT2D eigenvalue weighted by molar-refractivity contribution is 0.308. The van der Waals surface area contributed by atoms with Gasteiger partial charge in [-0.1, -0.05) is 19.9 Å². The maximum atomic E-state index is 14.0. The molecule has 0 spiro atoms. The first-order valence-electron chi connectivity index (χ1n) is 14.2. The van der Waals surface area contributed by atoms with Crippen molar-refractivity contribution in [2.75, 3.05) is 41.0 Å². The number of nitrogens with one attached hydrogen (secondary N) is 1. The van der Waals surface area contributed by atoms with Gasteiger partial charge in [-0.3, -0.25) is 0 Å². The van der Waals surface area contributed by atoms with Crippen molar-refractivity contribution in [2.45, 2.75) is 56.2 Å². The largest absolute Gasteiger partial charge is 0.496 e. The van der Waals surface area contributed by atoms with Crippen LogP contribution in [0.3, 0.4) is 0 Å². The quantitative estimate of drug-likeness (QED) is 0.176. The molecule has 8 nitrogen and oxygen atoms in total. The molecule has 2 heterocycles. The Morgan fingerprint density at radius 3 is 2.24 bits per heavy atom. The topological polar surface area (TPSA) is 87.5 Å². The summed E-state index contributed by atoms with van der Waals surface area (Å²) in [5, 5.41) is 3.43. The van der Waals surface area contributed by atoms with Crippen LogP contribution in [0.25, 0.3) is 5.52 Å². The molecule has 4 aromatic rings. The number of hydrogen-bond acceptors (Lipinski definition) is 7. The fourth-order valence-electron chi connectivity index (χ4n) is 5.28. The zero-order valence-corrected chi connectivity index (χ0v) is 26.4. The third kappa shape index (κ3) is 6.52. The van der Waals surface area contributed by atoms with Gasteiger partial charge in [-0.05, 0) is 93.2 Å². The summed E-state index contributed by atoms with van der Waals surface area (Å²) in [6.45, 7) is 10.1. The van der Waals surface area contributed by atoms with Crippen molar-refractivity contribution < 1.29 is 27.4 Å². The van der Waals surface area contributed by atoms with Gasteiger partial charge in [-0.15, -0.1) is 0 Å². The van der Waals surface area contributed by atoms with Crippen LogP contribution in [0.4, 0.5) is 0 Å². The van der Waals surface area contributed by atoms with Crippen molar-refractivity contribution in [2.24, 2.45) is 0 Å². The molecule has 226 valence electrons. The highest BCUT2D eigenvalue weighted by Gasteiger charge is 2.29. The average molecular weight is 595 g/mol. The van der Waals surface area contributed by atoms with Crippen LogP contribution in [-0.4, -0.2) is 53.8 Å². The van der Waals surface area contributed by atoms with Crippen molar-refractivity contribution >= 4 is 15.4 Å². The molecule has 0 radical (unpaired) electrons. The molecule has 0 unspecified atom stereocenters. The van der Waals surface area contributed by atoms with Gasteiger partial charge in [-0.25, -0.2) is 8.42 Å². The van der Waals surface area contributed by atoms with Gasteiger partial charge in [0.1, 0.15) is 16.4 Å². The second-order valence-corrected chi connectivity index (χ2v) is 12.5. The number of pyridine rings is 1. The van der Waals surface area contributed by atoms with Crippen LogP contribution in [0.5, 0.6) is 23.0 Å². The van der Waals surface area contributed by atoms with Gasteiger partial charge < -0.3 is 28.7 Å². The van der Waals surface area contributed by atoms with Crippen molar-refractivity contribution in [1.29, 1.82) is 0 Å². The fourth-order valence-corrected chi connectivity index (χ4v) is 7.13. The Labute approximate surface area is 249 Å². The number of rotatable bonds is 14. The lowest BCUT2D eigenvalue weighted by Gasteiger charge is -2.14. The highest BCUT2D eigenvalue weighted by molar-refractivity contribution is 7.91. The van der Waals surface area contributed by atoms with Gasteiger partial charge in [0.2, 0.25) is 9.84 Å². The molecule has 1 N–H and O–H groups in total. The summed E-state index contributed by atoms with van der Waals surface area (Å²) in [6, 6.07) is 12.7. The molecule has 2 aromatic heterocycles. The minimum Gasteiger partial charge on any atom is -0.496 e. The number of nitrogens with zero attached hydrogens (tertiary/aromatic N) is 1. The Bertz CT molecular complexity index is 1630. The van der Waals surface area contributed by atoms with E-state index < -0.39 is 9.84 Å². The summed E-state index contributed by atoms with van der Waals surface area (Å²) in [6.07, 6.45) is 5.54. The van der Waals surface area contributed by atoms with Crippen molar-refractivity contribution in [3.8, 4) is 23.0 Å². The molecule has 4 rings (SSSR count). The van der Waals surface area contributed by atoms with Gasteiger partial charge in [-0.2, -0.15) is 0 Å². The molecule has 0 saturated heterocycles. The summed E-state index contributed by atoms with van der Waals surface area (Å²) in [4.78, 5) is 0.571. The molecule has 0 fully saturated rings. The minimum atomic E-state index is -3.80. The minimum absolute atomic E-state index is 0.0237. The molecule has 0 amide bonds.